The Kier molecular flexibility index (Phi) is 3.26. The molecule has 3 aromatic rings. The van der Waals surface area contributed by atoms with Crippen LogP contribution < -0.4 is 0 Å². The number of nitrogens with zero attached hydrogens (tertiary/aromatic N) is 2. The molecule has 1 heterocycles. The van der Waals surface area contributed by atoms with Gasteiger partial charge in [-0.1, -0.05) is 6.07 Å². The molecule has 0 aliphatic heterocycles. The molecule has 1 aromatic heterocycles. The first-order valence-electron chi connectivity index (χ1n) is 6.68. The molecule has 0 atom stereocenters. The summed E-state index contributed by atoms with van der Waals surface area (Å²) < 4.78 is 15.2. The van der Waals surface area contributed by atoms with Crippen molar-refractivity contribution in [2.45, 2.75) is 0 Å². The summed E-state index contributed by atoms with van der Waals surface area (Å²) in [6, 6.07) is 10.6. The third kappa shape index (κ3) is 2.28. The first kappa shape index (κ1) is 14.6. The van der Waals surface area contributed by atoms with Crippen LogP contribution in [0.5, 0.6) is 5.75 Å². The van der Waals surface area contributed by atoms with Crippen LogP contribution in [0.2, 0.25) is 0 Å². The van der Waals surface area contributed by atoms with Gasteiger partial charge in [0.05, 0.1) is 17.1 Å². The van der Waals surface area contributed by atoms with Crippen LogP contribution in [-0.4, -0.2) is 20.7 Å². The van der Waals surface area contributed by atoms with Crippen molar-refractivity contribution >= 4 is 16.9 Å². The number of carboxylic acids is 1. The number of hydrogen-bond donors (Lipinski definition) is 2. The maximum Gasteiger partial charge on any atom is 0.339 e. The van der Waals surface area contributed by atoms with Gasteiger partial charge in [-0.15, -0.1) is 0 Å². The lowest BCUT2D eigenvalue weighted by Crippen LogP contribution is -1.96. The van der Waals surface area contributed by atoms with Crippen LogP contribution in [0.1, 0.15) is 15.9 Å². The average Bonchev–Trinajstić information content (AvgIpc) is 2.81. The smallest absolute Gasteiger partial charge is 0.339 e. The van der Waals surface area contributed by atoms with E-state index in [4.69, 9.17) is 10.4 Å². The Balaban J connectivity index is 2.31. The van der Waals surface area contributed by atoms with Crippen LogP contribution in [0, 0.1) is 17.3 Å². The van der Waals surface area contributed by atoms with E-state index in [0.29, 0.717) is 27.6 Å². The van der Waals surface area contributed by atoms with Gasteiger partial charge >= 0.3 is 5.97 Å². The lowest BCUT2D eigenvalue weighted by molar-refractivity contribution is 0.0694. The number of phenols is 1. The van der Waals surface area contributed by atoms with Crippen LogP contribution in [0.15, 0.2) is 36.4 Å². The largest absolute Gasteiger partial charge is 0.507 e. The van der Waals surface area contributed by atoms with Crippen molar-refractivity contribution in [3.05, 3.63) is 53.5 Å². The number of hydrogen-bond acceptors (Lipinski definition) is 3. The number of benzene rings is 2. The fourth-order valence-corrected chi connectivity index (χ4v) is 2.58. The predicted molar refractivity (Wildman–Crippen MR) is 81.7 cm³/mol. The van der Waals surface area contributed by atoms with Gasteiger partial charge in [-0.2, -0.15) is 9.65 Å². The minimum absolute atomic E-state index is 0.222. The molecular weight excluding hydrogens is 299 g/mol. The highest BCUT2D eigenvalue weighted by Gasteiger charge is 2.15. The second-order valence-electron chi connectivity index (χ2n) is 5.13. The molecule has 2 N–H and O–H groups in total. The van der Waals surface area contributed by atoms with Crippen LogP contribution in [0.25, 0.3) is 22.0 Å². The van der Waals surface area contributed by atoms with Gasteiger partial charge in [0.15, 0.2) is 5.95 Å². The van der Waals surface area contributed by atoms with E-state index in [-0.39, 0.29) is 11.3 Å². The lowest BCUT2D eigenvalue weighted by Gasteiger charge is -2.08. The number of halogens is 1. The molecule has 0 bridgehead atoms. The van der Waals surface area contributed by atoms with Gasteiger partial charge in [-0.25, -0.2) is 4.79 Å². The van der Waals surface area contributed by atoms with Crippen molar-refractivity contribution < 1.29 is 19.4 Å². The SMILES string of the molecule is Cn1c(F)cc2c(-c3ccc(C(=O)O)c(O)c3)cc(C#N)cc21. The summed E-state index contributed by atoms with van der Waals surface area (Å²) in [7, 11) is 1.55. The Morgan fingerprint density at radius 3 is 2.61 bits per heavy atom. The molecular formula is C17H11FN2O3. The van der Waals surface area contributed by atoms with E-state index in [9.17, 15) is 14.3 Å². The van der Waals surface area contributed by atoms with Gasteiger partial charge in [0, 0.05) is 18.5 Å². The van der Waals surface area contributed by atoms with Crippen molar-refractivity contribution in [2.24, 2.45) is 7.05 Å². The molecule has 2 aromatic carbocycles. The number of carbonyl (C=O) groups is 1. The van der Waals surface area contributed by atoms with Crippen molar-refractivity contribution in [2.75, 3.05) is 0 Å². The summed E-state index contributed by atoms with van der Waals surface area (Å²) in [5, 5.41) is 28.6. The third-order valence-corrected chi connectivity index (χ3v) is 3.77. The van der Waals surface area contributed by atoms with E-state index in [1.807, 2.05) is 6.07 Å². The van der Waals surface area contributed by atoms with Gasteiger partial charge in [0.2, 0.25) is 0 Å². The van der Waals surface area contributed by atoms with Crippen LogP contribution in [0.4, 0.5) is 4.39 Å². The Bertz CT molecular complexity index is 999. The van der Waals surface area contributed by atoms with Gasteiger partial charge in [-0.05, 0) is 35.4 Å². The highest BCUT2D eigenvalue weighted by atomic mass is 19.1. The first-order chi connectivity index (χ1) is 10.9. The maximum atomic E-state index is 13.9. The van der Waals surface area contributed by atoms with E-state index in [1.165, 1.54) is 28.8 Å². The number of aryl methyl sites for hydroxylation is 1. The van der Waals surface area contributed by atoms with Gasteiger partial charge in [0.25, 0.3) is 0 Å². The van der Waals surface area contributed by atoms with E-state index >= 15 is 0 Å². The maximum absolute atomic E-state index is 13.9. The number of fused-ring (bicyclic) bond motifs is 1. The zero-order valence-electron chi connectivity index (χ0n) is 12.0. The van der Waals surface area contributed by atoms with E-state index in [1.54, 1.807) is 19.2 Å². The van der Waals surface area contributed by atoms with E-state index in [2.05, 4.69) is 0 Å². The normalized spacial score (nSPS) is 10.7. The van der Waals surface area contributed by atoms with Crippen LogP contribution in [-0.2, 0) is 7.05 Å². The average molecular weight is 310 g/mol. The molecule has 0 saturated carbocycles. The number of carboxylic acid groups (broad SMARTS) is 1. The molecule has 5 nitrogen and oxygen atoms in total. The Hall–Kier alpha value is -3.33. The lowest BCUT2D eigenvalue weighted by atomic mass is 9.98. The zero-order chi connectivity index (χ0) is 16.7. The molecule has 0 fully saturated rings. The van der Waals surface area contributed by atoms with Gasteiger partial charge in [-0.3, -0.25) is 0 Å². The summed E-state index contributed by atoms with van der Waals surface area (Å²) in [6.07, 6.45) is 0. The number of rotatable bonds is 2. The molecule has 0 aliphatic carbocycles. The highest BCUT2D eigenvalue weighted by Crippen LogP contribution is 2.34. The van der Waals surface area contributed by atoms with Crippen molar-refractivity contribution in [1.82, 2.24) is 4.57 Å². The van der Waals surface area contributed by atoms with Gasteiger partial charge < -0.3 is 14.8 Å². The molecule has 0 saturated heterocycles. The molecule has 3 rings (SSSR count). The quantitative estimate of drug-likeness (QED) is 0.760. The summed E-state index contributed by atoms with van der Waals surface area (Å²) in [4.78, 5) is 11.0. The minimum atomic E-state index is -1.24. The first-order valence-corrected chi connectivity index (χ1v) is 6.68. The number of nitriles is 1. The van der Waals surface area contributed by atoms with Crippen LogP contribution >= 0.6 is 0 Å². The fraction of sp³-hybridized carbons (Fsp3) is 0.0588. The third-order valence-electron chi connectivity index (χ3n) is 3.77. The Labute approximate surface area is 130 Å². The molecule has 0 aliphatic rings. The van der Waals surface area contributed by atoms with Crippen molar-refractivity contribution in [3.8, 4) is 22.9 Å². The molecule has 0 unspecified atom stereocenters. The molecule has 114 valence electrons. The Morgan fingerprint density at radius 1 is 1.26 bits per heavy atom. The highest BCUT2D eigenvalue weighted by molar-refractivity contribution is 5.98. The second kappa shape index (κ2) is 5.14. The number of aromatic carboxylic acids is 1. The molecule has 0 radical (unpaired) electrons. The monoisotopic (exact) mass is 310 g/mol. The van der Waals surface area contributed by atoms with Crippen molar-refractivity contribution in [1.29, 1.82) is 5.26 Å². The molecule has 0 amide bonds. The Morgan fingerprint density at radius 2 is 2.00 bits per heavy atom. The minimum Gasteiger partial charge on any atom is -0.507 e. The molecule has 0 spiro atoms. The predicted octanol–water partition coefficient (Wildman–Crippen LogP) is 3.26. The number of aromatic nitrogens is 1. The van der Waals surface area contributed by atoms with Gasteiger partial charge in [0.1, 0.15) is 11.3 Å². The topological polar surface area (TPSA) is 86.2 Å². The summed E-state index contributed by atoms with van der Waals surface area (Å²) in [5.74, 6) is -2.08. The molecule has 23 heavy (non-hydrogen) atoms. The summed E-state index contributed by atoms with van der Waals surface area (Å²) in [5.41, 5.74) is 1.71. The van der Waals surface area contributed by atoms with E-state index < -0.39 is 11.9 Å². The summed E-state index contributed by atoms with van der Waals surface area (Å²) >= 11 is 0. The fourth-order valence-electron chi connectivity index (χ4n) is 2.58. The van der Waals surface area contributed by atoms with Crippen LogP contribution in [0.3, 0.4) is 0 Å². The second-order valence-corrected chi connectivity index (χ2v) is 5.13. The summed E-state index contributed by atoms with van der Waals surface area (Å²) in [6.45, 7) is 0. The zero-order valence-corrected chi connectivity index (χ0v) is 12.0. The van der Waals surface area contributed by atoms with E-state index in [0.717, 1.165) is 0 Å². The van der Waals surface area contributed by atoms with Crippen molar-refractivity contribution in [3.63, 3.8) is 0 Å². The molecule has 6 heteroatoms. The standard InChI is InChI=1S/C17H11FN2O3/c1-20-14-5-9(8-19)4-12(13(14)7-16(20)18)10-2-3-11(17(22)23)15(21)6-10/h2-7,21H,1H3,(H,22,23). The number of aromatic hydroxyl groups is 1.